The Balaban J connectivity index is 2.12. The van der Waals surface area contributed by atoms with Crippen molar-refractivity contribution in [2.75, 3.05) is 20.8 Å². The molecule has 0 aliphatic rings. The second-order valence-electron chi connectivity index (χ2n) is 7.83. The van der Waals surface area contributed by atoms with E-state index in [1.807, 2.05) is 19.9 Å². The zero-order valence-electron chi connectivity index (χ0n) is 19.5. The fourth-order valence-electron chi connectivity index (χ4n) is 3.65. The number of benzene rings is 3. The zero-order valence-corrected chi connectivity index (χ0v) is 19.5. The van der Waals surface area contributed by atoms with Crippen LogP contribution in [0.25, 0.3) is 22.3 Å². The van der Waals surface area contributed by atoms with Crippen molar-refractivity contribution in [3.63, 3.8) is 0 Å². The average Bonchev–Trinajstić information content (AvgIpc) is 2.81. The highest BCUT2D eigenvalue weighted by Crippen LogP contribution is 2.45. The number of aromatic hydroxyl groups is 1. The summed E-state index contributed by atoms with van der Waals surface area (Å²) >= 11 is 0. The number of allylic oxidation sites excluding steroid dienone is 1. The van der Waals surface area contributed by atoms with Crippen molar-refractivity contribution >= 4 is 5.97 Å². The molecule has 2 N–H and O–H groups in total. The van der Waals surface area contributed by atoms with Crippen LogP contribution in [0.5, 0.6) is 23.0 Å². The molecule has 178 valence electrons. The first kappa shape index (κ1) is 24.6. The number of hydrogen-bond donors (Lipinski definition) is 2. The Morgan fingerprint density at radius 2 is 1.65 bits per heavy atom. The maximum absolute atomic E-state index is 14.9. The van der Waals surface area contributed by atoms with Crippen LogP contribution in [0.3, 0.4) is 0 Å². The van der Waals surface area contributed by atoms with Crippen LogP contribution in [-0.4, -0.2) is 37.0 Å². The standard InChI is InChI=1S/C27H27FO6/c1-16(2)6-5-13-34-22-12-9-18(14-21(22)28)24-23(32-3)15-20(17-7-10-19(29)11-8-17)26(33-4)25(24)27(30)31/h6-12,14-15,29H,5,13H2,1-4H3,(H,30,31). The van der Waals surface area contributed by atoms with E-state index in [9.17, 15) is 19.4 Å². The molecule has 0 saturated heterocycles. The molecule has 3 rings (SSSR count). The van der Waals surface area contributed by atoms with E-state index in [-0.39, 0.29) is 34.1 Å². The van der Waals surface area contributed by atoms with Crippen molar-refractivity contribution in [2.24, 2.45) is 0 Å². The summed E-state index contributed by atoms with van der Waals surface area (Å²) < 4.78 is 31.4. The molecule has 0 fully saturated rings. The summed E-state index contributed by atoms with van der Waals surface area (Å²) in [4.78, 5) is 12.4. The Bertz CT molecular complexity index is 1210. The van der Waals surface area contributed by atoms with Gasteiger partial charge in [0, 0.05) is 11.1 Å². The third-order valence-electron chi connectivity index (χ3n) is 5.21. The lowest BCUT2D eigenvalue weighted by Gasteiger charge is -2.19. The van der Waals surface area contributed by atoms with Gasteiger partial charge in [-0.1, -0.05) is 29.8 Å². The molecule has 0 atom stereocenters. The van der Waals surface area contributed by atoms with Gasteiger partial charge in [0.1, 0.15) is 22.8 Å². The number of hydrogen-bond acceptors (Lipinski definition) is 5. The van der Waals surface area contributed by atoms with Crippen LogP contribution in [0.2, 0.25) is 0 Å². The van der Waals surface area contributed by atoms with Crippen LogP contribution < -0.4 is 14.2 Å². The second-order valence-corrected chi connectivity index (χ2v) is 7.83. The molecular weight excluding hydrogens is 439 g/mol. The quantitative estimate of drug-likeness (QED) is 0.284. The SMILES string of the molecule is COc1cc(-c2ccc(O)cc2)c(OC)c(C(=O)O)c1-c1ccc(OCCC=C(C)C)c(F)c1. The number of methoxy groups -OCH3 is 2. The number of carbonyl (C=O) groups is 1. The highest BCUT2D eigenvalue weighted by molar-refractivity contribution is 6.04. The lowest BCUT2D eigenvalue weighted by Crippen LogP contribution is -2.07. The number of halogens is 1. The summed E-state index contributed by atoms with van der Waals surface area (Å²) in [5.41, 5.74) is 2.55. The number of phenolic OH excluding ortho intramolecular Hbond substituents is 1. The lowest BCUT2D eigenvalue weighted by atomic mass is 9.92. The number of rotatable bonds is 9. The van der Waals surface area contributed by atoms with E-state index in [0.717, 1.165) is 5.57 Å². The highest BCUT2D eigenvalue weighted by Gasteiger charge is 2.27. The zero-order chi connectivity index (χ0) is 24.8. The molecule has 6 nitrogen and oxygen atoms in total. The van der Waals surface area contributed by atoms with Gasteiger partial charge in [0.2, 0.25) is 0 Å². The van der Waals surface area contributed by atoms with Gasteiger partial charge in [0.05, 0.1) is 20.8 Å². The molecule has 0 aliphatic carbocycles. The summed E-state index contributed by atoms with van der Waals surface area (Å²) in [6, 6.07) is 12.2. The molecule has 0 amide bonds. The molecule has 0 radical (unpaired) electrons. The van der Waals surface area contributed by atoms with Crippen LogP contribution in [0, 0.1) is 5.82 Å². The van der Waals surface area contributed by atoms with Crippen molar-refractivity contribution in [2.45, 2.75) is 20.3 Å². The summed E-state index contributed by atoms with van der Waals surface area (Å²) in [6.07, 6.45) is 2.65. The Kier molecular flexibility index (Phi) is 7.79. The summed E-state index contributed by atoms with van der Waals surface area (Å²) in [7, 11) is 2.78. The monoisotopic (exact) mass is 466 g/mol. The normalized spacial score (nSPS) is 10.5. The van der Waals surface area contributed by atoms with Gasteiger partial charge < -0.3 is 24.4 Å². The topological polar surface area (TPSA) is 85.2 Å². The Hall–Kier alpha value is -4.00. The number of aromatic carboxylic acids is 1. The smallest absolute Gasteiger partial charge is 0.340 e. The Labute approximate surface area is 197 Å². The van der Waals surface area contributed by atoms with Crippen LogP contribution in [0.15, 0.2) is 60.2 Å². The highest BCUT2D eigenvalue weighted by atomic mass is 19.1. The van der Waals surface area contributed by atoms with Crippen molar-refractivity contribution < 1.29 is 33.6 Å². The van der Waals surface area contributed by atoms with Crippen LogP contribution >= 0.6 is 0 Å². The number of phenols is 1. The first-order chi connectivity index (χ1) is 16.3. The Morgan fingerprint density at radius 1 is 0.971 bits per heavy atom. The number of carboxylic acid groups (broad SMARTS) is 1. The van der Waals surface area contributed by atoms with Crippen molar-refractivity contribution in [1.82, 2.24) is 0 Å². The third-order valence-corrected chi connectivity index (χ3v) is 5.21. The van der Waals surface area contributed by atoms with Crippen LogP contribution in [0.1, 0.15) is 30.6 Å². The Morgan fingerprint density at radius 3 is 2.21 bits per heavy atom. The molecule has 0 unspecified atom stereocenters. The van der Waals surface area contributed by atoms with Gasteiger partial charge in [-0.2, -0.15) is 0 Å². The fraction of sp³-hybridized carbons (Fsp3) is 0.222. The number of ether oxygens (including phenoxy) is 3. The molecule has 34 heavy (non-hydrogen) atoms. The predicted molar refractivity (Wildman–Crippen MR) is 129 cm³/mol. The van der Waals surface area contributed by atoms with Gasteiger partial charge >= 0.3 is 5.97 Å². The minimum Gasteiger partial charge on any atom is -0.508 e. The largest absolute Gasteiger partial charge is 0.508 e. The van der Waals surface area contributed by atoms with E-state index in [2.05, 4.69) is 0 Å². The second kappa shape index (κ2) is 10.7. The maximum atomic E-state index is 14.9. The van der Waals surface area contributed by atoms with Gasteiger partial charge in [-0.15, -0.1) is 0 Å². The number of carboxylic acids is 1. The molecule has 0 saturated carbocycles. The van der Waals surface area contributed by atoms with Gasteiger partial charge in [-0.25, -0.2) is 9.18 Å². The van der Waals surface area contributed by atoms with E-state index in [0.29, 0.717) is 29.7 Å². The first-order valence-electron chi connectivity index (χ1n) is 10.6. The minimum atomic E-state index is -1.26. The van der Waals surface area contributed by atoms with E-state index in [4.69, 9.17) is 14.2 Å². The van der Waals surface area contributed by atoms with E-state index < -0.39 is 11.8 Å². The fourth-order valence-corrected chi connectivity index (χ4v) is 3.65. The van der Waals surface area contributed by atoms with E-state index >= 15 is 0 Å². The molecule has 3 aromatic carbocycles. The molecule has 7 heteroatoms. The van der Waals surface area contributed by atoms with Crippen molar-refractivity contribution in [3.05, 3.63) is 71.6 Å². The predicted octanol–water partition coefficient (Wildman–Crippen LogP) is 6.32. The summed E-state index contributed by atoms with van der Waals surface area (Å²) in [5, 5.41) is 19.7. The average molecular weight is 467 g/mol. The summed E-state index contributed by atoms with van der Waals surface area (Å²) in [5.74, 6) is -1.39. The van der Waals surface area contributed by atoms with E-state index in [1.54, 1.807) is 24.3 Å². The molecule has 0 bridgehead atoms. The molecule has 0 heterocycles. The molecule has 0 aromatic heterocycles. The third kappa shape index (κ3) is 5.31. The van der Waals surface area contributed by atoms with Crippen molar-refractivity contribution in [3.8, 4) is 45.3 Å². The van der Waals surface area contributed by atoms with Gasteiger partial charge in [-0.3, -0.25) is 0 Å². The van der Waals surface area contributed by atoms with E-state index in [1.165, 1.54) is 38.5 Å². The van der Waals surface area contributed by atoms with Gasteiger partial charge in [0.15, 0.2) is 11.6 Å². The van der Waals surface area contributed by atoms with Gasteiger partial charge in [0.25, 0.3) is 0 Å². The molecule has 0 aliphatic heterocycles. The molecule has 0 spiro atoms. The minimum absolute atomic E-state index is 0.0726. The maximum Gasteiger partial charge on any atom is 0.340 e. The lowest BCUT2D eigenvalue weighted by molar-refractivity contribution is 0.0694. The van der Waals surface area contributed by atoms with Crippen LogP contribution in [0.4, 0.5) is 4.39 Å². The van der Waals surface area contributed by atoms with Crippen molar-refractivity contribution in [1.29, 1.82) is 0 Å². The summed E-state index contributed by atoms with van der Waals surface area (Å²) in [6.45, 7) is 4.27. The molecule has 3 aromatic rings. The molecular formula is C27H27FO6. The van der Waals surface area contributed by atoms with Crippen LogP contribution in [-0.2, 0) is 0 Å². The first-order valence-corrected chi connectivity index (χ1v) is 10.6. The van der Waals surface area contributed by atoms with Gasteiger partial charge in [-0.05, 0) is 61.7 Å².